The van der Waals surface area contributed by atoms with E-state index in [4.69, 9.17) is 16.4 Å². The maximum atomic E-state index is 12.3. The number of aliphatic imine (C=N–C) groups is 1. The first kappa shape index (κ1) is 22.4. The third-order valence-electron chi connectivity index (χ3n) is 5.13. The lowest BCUT2D eigenvalue weighted by molar-refractivity contribution is -0.274. The van der Waals surface area contributed by atoms with E-state index in [0.29, 0.717) is 48.0 Å². The van der Waals surface area contributed by atoms with Crippen LogP contribution < -0.4 is 15.5 Å². The van der Waals surface area contributed by atoms with Gasteiger partial charge in [-0.1, -0.05) is 17.7 Å². The van der Waals surface area contributed by atoms with Crippen LogP contribution in [0.5, 0.6) is 5.75 Å². The van der Waals surface area contributed by atoms with Crippen LogP contribution in [0.2, 0.25) is 5.02 Å². The zero-order chi connectivity index (χ0) is 22.8. The Morgan fingerprint density at radius 1 is 1.22 bits per heavy atom. The molecule has 7 nitrogen and oxygen atoms in total. The van der Waals surface area contributed by atoms with E-state index in [0.717, 1.165) is 0 Å². The number of hydrogen-bond donors (Lipinski definition) is 2. The van der Waals surface area contributed by atoms with Crippen LogP contribution in [0.25, 0.3) is 0 Å². The van der Waals surface area contributed by atoms with E-state index in [1.807, 2.05) is 4.90 Å². The Morgan fingerprint density at radius 2 is 1.94 bits per heavy atom. The zero-order valence-electron chi connectivity index (χ0n) is 16.8. The number of rotatable bonds is 5. The Morgan fingerprint density at radius 3 is 2.59 bits per heavy atom. The molecule has 32 heavy (non-hydrogen) atoms. The molecule has 0 atom stereocenters. The number of carbonyl (C=O) groups excluding carboxylic acids is 1. The van der Waals surface area contributed by atoms with Crippen LogP contribution in [0, 0.1) is 0 Å². The van der Waals surface area contributed by atoms with Crippen molar-refractivity contribution in [3.05, 3.63) is 59.1 Å². The number of nitrogens with zero attached hydrogens (tertiary/aromatic N) is 2. The minimum atomic E-state index is -4.74. The van der Waals surface area contributed by atoms with E-state index in [2.05, 4.69) is 20.5 Å². The first-order valence-corrected chi connectivity index (χ1v) is 10.3. The highest BCUT2D eigenvalue weighted by Gasteiger charge is 2.40. The van der Waals surface area contributed by atoms with Crippen molar-refractivity contribution < 1.29 is 27.5 Å². The van der Waals surface area contributed by atoms with Crippen molar-refractivity contribution in [1.29, 1.82) is 0 Å². The highest BCUT2D eigenvalue weighted by Crippen LogP contribution is 2.31. The predicted octanol–water partition coefficient (Wildman–Crippen LogP) is 3.95. The molecular weight excluding hydrogens is 449 g/mol. The molecule has 0 saturated carbocycles. The summed E-state index contributed by atoms with van der Waals surface area (Å²) in [4.78, 5) is 24.7. The highest BCUT2D eigenvalue weighted by molar-refractivity contribution is 6.30. The van der Waals surface area contributed by atoms with Gasteiger partial charge in [-0.25, -0.2) is 15.3 Å². The van der Waals surface area contributed by atoms with Crippen LogP contribution in [0.1, 0.15) is 18.4 Å². The number of carbonyl (C=O) groups is 1. The number of anilines is 1. The number of likely N-dealkylation sites (tertiary alicyclic amines) is 1. The maximum Gasteiger partial charge on any atom is 0.573 e. The molecule has 2 aliphatic heterocycles. The average Bonchev–Trinajstić information content (AvgIpc) is 3.13. The Kier molecular flexibility index (Phi) is 6.27. The largest absolute Gasteiger partial charge is 0.573 e. The van der Waals surface area contributed by atoms with Crippen LogP contribution in [0.15, 0.2) is 53.5 Å². The molecule has 0 radical (unpaired) electrons. The van der Waals surface area contributed by atoms with Gasteiger partial charge in [0.2, 0.25) is 5.91 Å². The second-order valence-electron chi connectivity index (χ2n) is 7.52. The number of nitrogens with one attached hydrogen (secondary N) is 2. The quantitative estimate of drug-likeness (QED) is 0.695. The Balaban J connectivity index is 1.31. The molecule has 2 aromatic rings. The Hall–Kier alpha value is -2.82. The van der Waals surface area contributed by atoms with Gasteiger partial charge in [0, 0.05) is 42.2 Å². The van der Waals surface area contributed by atoms with Gasteiger partial charge in [-0.2, -0.15) is 0 Å². The Labute approximate surface area is 187 Å². The molecule has 0 bridgehead atoms. The predicted molar refractivity (Wildman–Crippen MR) is 112 cm³/mol. The molecule has 0 unspecified atom stereocenters. The van der Waals surface area contributed by atoms with Gasteiger partial charge in [0.1, 0.15) is 5.75 Å². The number of hydrogen-bond acceptors (Lipinski definition) is 6. The number of piperidine rings is 1. The molecule has 2 N–H and O–H groups in total. The highest BCUT2D eigenvalue weighted by atomic mass is 35.5. The van der Waals surface area contributed by atoms with E-state index in [9.17, 15) is 18.0 Å². The summed E-state index contributed by atoms with van der Waals surface area (Å²) in [5, 5.41) is 3.37. The summed E-state index contributed by atoms with van der Waals surface area (Å²) in [5.74, 6) is -0.00502. The smallest absolute Gasteiger partial charge is 0.406 e. The second kappa shape index (κ2) is 8.97. The van der Waals surface area contributed by atoms with Crippen molar-refractivity contribution in [1.82, 2.24) is 10.4 Å². The number of hydroxylamine groups is 1. The molecule has 2 aliphatic rings. The van der Waals surface area contributed by atoms with Crippen LogP contribution >= 0.6 is 11.6 Å². The SMILES string of the molecule is O=C(CN1CCC2(CC1)N=C(c1ccc(OC(F)(F)F)cc1)NO2)Nc1cccc(Cl)c1. The van der Waals surface area contributed by atoms with Gasteiger partial charge in [-0.05, 0) is 42.5 Å². The third kappa shape index (κ3) is 5.70. The fourth-order valence-corrected chi connectivity index (χ4v) is 3.77. The number of amidine groups is 1. The number of benzene rings is 2. The lowest BCUT2D eigenvalue weighted by atomic mass is 10.0. The van der Waals surface area contributed by atoms with Crippen molar-refractivity contribution >= 4 is 29.0 Å². The minimum Gasteiger partial charge on any atom is -0.406 e. The fourth-order valence-electron chi connectivity index (χ4n) is 3.57. The molecular formula is C21H20ClF3N4O3. The van der Waals surface area contributed by atoms with Gasteiger partial charge in [-0.3, -0.25) is 9.69 Å². The van der Waals surface area contributed by atoms with Gasteiger partial charge in [0.15, 0.2) is 11.6 Å². The van der Waals surface area contributed by atoms with Gasteiger partial charge < -0.3 is 10.1 Å². The monoisotopic (exact) mass is 468 g/mol. The van der Waals surface area contributed by atoms with E-state index in [1.165, 1.54) is 24.3 Å². The van der Waals surface area contributed by atoms with Crippen LogP contribution in [-0.4, -0.2) is 48.4 Å². The number of halogens is 4. The molecule has 170 valence electrons. The summed E-state index contributed by atoms with van der Waals surface area (Å²) in [5.41, 5.74) is 3.23. The summed E-state index contributed by atoms with van der Waals surface area (Å²) in [6.45, 7) is 1.42. The van der Waals surface area contributed by atoms with Crippen LogP contribution in [-0.2, 0) is 9.63 Å². The van der Waals surface area contributed by atoms with Crippen molar-refractivity contribution in [2.75, 3.05) is 25.0 Å². The van der Waals surface area contributed by atoms with Crippen molar-refractivity contribution in [3.8, 4) is 5.75 Å². The normalized spacial score (nSPS) is 18.2. The van der Waals surface area contributed by atoms with Crippen molar-refractivity contribution in [2.24, 2.45) is 4.99 Å². The van der Waals surface area contributed by atoms with Gasteiger partial charge >= 0.3 is 6.36 Å². The molecule has 11 heteroatoms. The van der Waals surface area contributed by atoms with Crippen LogP contribution in [0.4, 0.5) is 18.9 Å². The topological polar surface area (TPSA) is 75.2 Å². The molecule has 4 rings (SSSR count). The molecule has 1 amide bonds. The third-order valence-corrected chi connectivity index (χ3v) is 5.36. The van der Waals surface area contributed by atoms with Gasteiger partial charge in [0.25, 0.3) is 0 Å². The summed E-state index contributed by atoms with van der Waals surface area (Å²) < 4.78 is 40.8. The number of ether oxygens (including phenoxy) is 1. The maximum absolute atomic E-state index is 12.3. The molecule has 2 heterocycles. The summed E-state index contributed by atoms with van der Waals surface area (Å²) in [7, 11) is 0. The summed E-state index contributed by atoms with van der Waals surface area (Å²) in [6.07, 6.45) is -3.62. The lowest BCUT2D eigenvalue weighted by Crippen LogP contribution is -2.46. The average molecular weight is 469 g/mol. The van der Waals surface area contributed by atoms with Crippen molar-refractivity contribution in [2.45, 2.75) is 24.9 Å². The first-order chi connectivity index (χ1) is 15.2. The Bertz CT molecular complexity index is 1010. The molecule has 1 saturated heterocycles. The fraction of sp³-hybridized carbons (Fsp3) is 0.333. The van der Waals surface area contributed by atoms with Crippen LogP contribution in [0.3, 0.4) is 0 Å². The molecule has 0 aromatic heterocycles. The molecule has 2 aromatic carbocycles. The van der Waals surface area contributed by atoms with Crippen molar-refractivity contribution in [3.63, 3.8) is 0 Å². The van der Waals surface area contributed by atoms with E-state index in [1.54, 1.807) is 24.3 Å². The summed E-state index contributed by atoms with van der Waals surface area (Å²) >= 11 is 5.93. The number of alkyl halides is 3. The minimum absolute atomic E-state index is 0.140. The van der Waals surface area contributed by atoms with E-state index in [-0.39, 0.29) is 18.2 Å². The van der Waals surface area contributed by atoms with Gasteiger partial charge in [-0.15, -0.1) is 13.2 Å². The second-order valence-corrected chi connectivity index (χ2v) is 7.95. The van der Waals surface area contributed by atoms with Gasteiger partial charge in [0.05, 0.1) is 6.54 Å². The number of amides is 1. The molecule has 1 fully saturated rings. The molecule has 0 aliphatic carbocycles. The van der Waals surface area contributed by atoms with E-state index >= 15 is 0 Å². The first-order valence-electron chi connectivity index (χ1n) is 9.88. The summed E-state index contributed by atoms with van der Waals surface area (Å²) in [6, 6.07) is 12.3. The standard InChI is InChI=1S/C21H20ClF3N4O3/c22-15-2-1-3-16(12-15)26-18(30)13-29-10-8-20(9-11-29)27-19(28-32-20)14-4-6-17(7-5-14)31-21(23,24)25/h1-7,12H,8-11,13H2,(H,26,30)(H,27,28). The van der Waals surface area contributed by atoms with E-state index < -0.39 is 12.1 Å². The zero-order valence-corrected chi connectivity index (χ0v) is 17.5. The molecule has 1 spiro atoms. The lowest BCUT2D eigenvalue weighted by Gasteiger charge is -2.35.